The molecule has 1 aromatic carbocycles. The molecule has 0 atom stereocenters. The topological polar surface area (TPSA) is 44.8 Å². The van der Waals surface area contributed by atoms with Crippen LogP contribution in [0.2, 0.25) is 0 Å². The standard InChI is InChI=1S/C14H15ClO4/c1-17-12-6-5-10(14(15)16)8-13(12)19-9-11-4-2-3-7-18-11/h4-6,8H,2-3,7,9H2,1H3. The van der Waals surface area contributed by atoms with E-state index in [1.54, 1.807) is 25.3 Å². The molecule has 4 nitrogen and oxygen atoms in total. The van der Waals surface area contributed by atoms with Crippen molar-refractivity contribution in [3.05, 3.63) is 35.6 Å². The fourth-order valence-electron chi connectivity index (χ4n) is 1.77. The summed E-state index contributed by atoms with van der Waals surface area (Å²) >= 11 is 5.45. The summed E-state index contributed by atoms with van der Waals surface area (Å²) in [5.41, 5.74) is 0.371. The fourth-order valence-corrected chi connectivity index (χ4v) is 1.89. The monoisotopic (exact) mass is 282 g/mol. The minimum Gasteiger partial charge on any atom is -0.495 e. The van der Waals surface area contributed by atoms with E-state index in [1.807, 2.05) is 6.08 Å². The van der Waals surface area contributed by atoms with Gasteiger partial charge in [-0.3, -0.25) is 4.79 Å². The lowest BCUT2D eigenvalue weighted by Gasteiger charge is -2.16. The average molecular weight is 283 g/mol. The Balaban J connectivity index is 2.10. The summed E-state index contributed by atoms with van der Waals surface area (Å²) in [5.74, 6) is 1.83. The van der Waals surface area contributed by atoms with Crippen LogP contribution in [0, 0.1) is 0 Å². The van der Waals surface area contributed by atoms with Gasteiger partial charge in [0.1, 0.15) is 12.4 Å². The third-order valence-electron chi connectivity index (χ3n) is 2.77. The molecule has 102 valence electrons. The summed E-state index contributed by atoms with van der Waals surface area (Å²) in [6.07, 6.45) is 4.03. The molecular weight excluding hydrogens is 268 g/mol. The Labute approximate surface area is 116 Å². The van der Waals surface area contributed by atoms with Crippen LogP contribution in [0.15, 0.2) is 30.0 Å². The third-order valence-corrected chi connectivity index (χ3v) is 2.99. The zero-order valence-electron chi connectivity index (χ0n) is 10.6. The first-order chi connectivity index (χ1) is 9.20. The lowest BCUT2D eigenvalue weighted by Crippen LogP contribution is -2.10. The minimum absolute atomic E-state index is 0.316. The number of hydrogen-bond acceptors (Lipinski definition) is 4. The molecule has 1 aromatic rings. The van der Waals surface area contributed by atoms with Gasteiger partial charge in [0.2, 0.25) is 0 Å². The number of allylic oxidation sites excluding steroid dienone is 1. The molecule has 2 rings (SSSR count). The van der Waals surface area contributed by atoms with Crippen LogP contribution in [0.3, 0.4) is 0 Å². The lowest BCUT2D eigenvalue weighted by molar-refractivity contribution is 0.108. The highest BCUT2D eigenvalue weighted by molar-refractivity contribution is 6.67. The zero-order valence-corrected chi connectivity index (χ0v) is 11.4. The van der Waals surface area contributed by atoms with Crippen LogP contribution in [-0.2, 0) is 4.74 Å². The molecule has 0 aromatic heterocycles. The van der Waals surface area contributed by atoms with Crippen LogP contribution in [0.1, 0.15) is 23.2 Å². The quantitative estimate of drug-likeness (QED) is 0.778. The number of ether oxygens (including phenoxy) is 3. The van der Waals surface area contributed by atoms with E-state index in [4.69, 9.17) is 25.8 Å². The van der Waals surface area contributed by atoms with Crippen molar-refractivity contribution in [3.63, 3.8) is 0 Å². The van der Waals surface area contributed by atoms with E-state index in [-0.39, 0.29) is 0 Å². The number of carbonyl (C=O) groups is 1. The molecule has 0 saturated heterocycles. The number of rotatable bonds is 5. The summed E-state index contributed by atoms with van der Waals surface area (Å²) in [6.45, 7) is 1.03. The Morgan fingerprint density at radius 2 is 2.26 bits per heavy atom. The molecule has 0 spiro atoms. The molecule has 0 amide bonds. The molecule has 19 heavy (non-hydrogen) atoms. The van der Waals surface area contributed by atoms with Crippen LogP contribution in [0.4, 0.5) is 0 Å². The first-order valence-electron chi connectivity index (χ1n) is 6.03. The van der Waals surface area contributed by atoms with Gasteiger partial charge in [-0.25, -0.2) is 0 Å². The maximum atomic E-state index is 11.1. The molecule has 0 fully saturated rings. The second-order valence-electron chi connectivity index (χ2n) is 4.09. The number of hydrogen-bond donors (Lipinski definition) is 0. The molecule has 5 heteroatoms. The smallest absolute Gasteiger partial charge is 0.252 e. The molecule has 0 saturated carbocycles. The molecule has 1 heterocycles. The highest BCUT2D eigenvalue weighted by Crippen LogP contribution is 2.29. The van der Waals surface area contributed by atoms with E-state index >= 15 is 0 Å². The normalized spacial score (nSPS) is 14.3. The minimum atomic E-state index is -0.527. The van der Waals surface area contributed by atoms with E-state index in [0.717, 1.165) is 18.6 Å². The first kappa shape index (κ1) is 13.7. The Bertz CT molecular complexity index is 496. The van der Waals surface area contributed by atoms with E-state index in [0.29, 0.717) is 30.3 Å². The van der Waals surface area contributed by atoms with Crippen molar-refractivity contribution < 1.29 is 19.0 Å². The second kappa shape index (κ2) is 6.48. The van der Waals surface area contributed by atoms with E-state index in [9.17, 15) is 4.79 Å². The second-order valence-corrected chi connectivity index (χ2v) is 4.43. The molecule has 1 aliphatic rings. The Morgan fingerprint density at radius 1 is 1.42 bits per heavy atom. The van der Waals surface area contributed by atoms with Gasteiger partial charge >= 0.3 is 0 Å². The van der Waals surface area contributed by atoms with Gasteiger partial charge in [-0.1, -0.05) is 0 Å². The van der Waals surface area contributed by atoms with Crippen molar-refractivity contribution >= 4 is 16.8 Å². The van der Waals surface area contributed by atoms with Gasteiger partial charge in [-0.05, 0) is 48.7 Å². The summed E-state index contributed by atoms with van der Waals surface area (Å²) in [6, 6.07) is 4.82. The maximum Gasteiger partial charge on any atom is 0.252 e. The van der Waals surface area contributed by atoms with E-state index < -0.39 is 5.24 Å². The highest BCUT2D eigenvalue weighted by Gasteiger charge is 2.11. The van der Waals surface area contributed by atoms with Crippen molar-refractivity contribution in [2.45, 2.75) is 12.8 Å². The van der Waals surface area contributed by atoms with Gasteiger partial charge in [-0.15, -0.1) is 0 Å². The van der Waals surface area contributed by atoms with E-state index in [2.05, 4.69) is 0 Å². The molecule has 0 radical (unpaired) electrons. The predicted molar refractivity (Wildman–Crippen MR) is 71.9 cm³/mol. The number of halogens is 1. The van der Waals surface area contributed by atoms with E-state index in [1.165, 1.54) is 0 Å². The lowest BCUT2D eigenvalue weighted by atomic mass is 10.2. The molecular formula is C14H15ClO4. The summed E-state index contributed by atoms with van der Waals surface area (Å²) < 4.78 is 16.3. The van der Waals surface area contributed by atoms with Gasteiger partial charge in [0.25, 0.3) is 5.24 Å². The molecule has 0 aliphatic carbocycles. The Morgan fingerprint density at radius 3 is 2.89 bits per heavy atom. The number of methoxy groups -OCH3 is 1. The summed E-state index contributed by atoms with van der Waals surface area (Å²) in [7, 11) is 1.54. The van der Waals surface area contributed by atoms with Crippen LogP contribution in [0.5, 0.6) is 11.5 Å². The van der Waals surface area contributed by atoms with Crippen LogP contribution < -0.4 is 9.47 Å². The molecule has 0 N–H and O–H groups in total. The number of benzene rings is 1. The average Bonchev–Trinajstić information content (AvgIpc) is 2.45. The van der Waals surface area contributed by atoms with Gasteiger partial charge in [0.05, 0.1) is 13.7 Å². The Kier molecular flexibility index (Phi) is 4.68. The zero-order chi connectivity index (χ0) is 13.7. The van der Waals surface area contributed by atoms with Crippen LogP contribution >= 0.6 is 11.6 Å². The van der Waals surface area contributed by atoms with Crippen molar-refractivity contribution in [1.82, 2.24) is 0 Å². The molecule has 0 bridgehead atoms. The fraction of sp³-hybridized carbons (Fsp3) is 0.357. The number of carbonyl (C=O) groups excluding carboxylic acids is 1. The first-order valence-corrected chi connectivity index (χ1v) is 6.41. The van der Waals surface area contributed by atoms with Crippen LogP contribution in [-0.4, -0.2) is 25.6 Å². The SMILES string of the molecule is COc1ccc(C(=O)Cl)cc1OCC1=CCCCO1. The Hall–Kier alpha value is -1.68. The predicted octanol–water partition coefficient (Wildman–Crippen LogP) is 3.15. The van der Waals surface area contributed by atoms with Gasteiger partial charge in [0.15, 0.2) is 11.5 Å². The third kappa shape index (κ3) is 3.64. The molecule has 1 aliphatic heterocycles. The highest BCUT2D eigenvalue weighted by atomic mass is 35.5. The van der Waals surface area contributed by atoms with Gasteiger partial charge in [-0.2, -0.15) is 0 Å². The van der Waals surface area contributed by atoms with Gasteiger partial charge in [0, 0.05) is 5.56 Å². The summed E-state index contributed by atoms with van der Waals surface area (Å²) in [5, 5.41) is -0.527. The molecule has 0 unspecified atom stereocenters. The van der Waals surface area contributed by atoms with Crippen molar-refractivity contribution in [1.29, 1.82) is 0 Å². The van der Waals surface area contributed by atoms with Gasteiger partial charge < -0.3 is 14.2 Å². The maximum absolute atomic E-state index is 11.1. The van der Waals surface area contributed by atoms with Crippen molar-refractivity contribution in [2.24, 2.45) is 0 Å². The van der Waals surface area contributed by atoms with Crippen LogP contribution in [0.25, 0.3) is 0 Å². The summed E-state index contributed by atoms with van der Waals surface area (Å²) in [4.78, 5) is 11.1. The largest absolute Gasteiger partial charge is 0.495 e. The van der Waals surface area contributed by atoms with Crippen molar-refractivity contribution in [3.8, 4) is 11.5 Å². The van der Waals surface area contributed by atoms with Crippen molar-refractivity contribution in [2.75, 3.05) is 20.3 Å².